The lowest BCUT2D eigenvalue weighted by molar-refractivity contribution is 0.262. The predicted molar refractivity (Wildman–Crippen MR) is 193 cm³/mol. The van der Waals surface area contributed by atoms with Crippen LogP contribution in [0.25, 0.3) is 43.4 Å². The van der Waals surface area contributed by atoms with Crippen LogP contribution < -0.4 is 15.0 Å². The van der Waals surface area contributed by atoms with Gasteiger partial charge >= 0.3 is 0 Å². The molecule has 46 heavy (non-hydrogen) atoms. The van der Waals surface area contributed by atoms with Gasteiger partial charge in [-0.05, 0) is 57.6 Å². The lowest BCUT2D eigenvalue weighted by Crippen LogP contribution is -2.10. The third kappa shape index (κ3) is 4.36. The highest BCUT2D eigenvalue weighted by molar-refractivity contribution is 6.18. The summed E-state index contributed by atoms with van der Waals surface area (Å²) in [6.07, 6.45) is -0.236. The monoisotopic (exact) mass is 590 g/mol. The van der Waals surface area contributed by atoms with Crippen LogP contribution in [0.2, 0.25) is 0 Å². The highest BCUT2D eigenvalue weighted by Gasteiger charge is 2.28. The molecule has 8 aromatic rings. The first-order chi connectivity index (χ1) is 22.8. The van der Waals surface area contributed by atoms with Crippen molar-refractivity contribution >= 4 is 55.1 Å². The van der Waals surface area contributed by atoms with Gasteiger partial charge in [0.2, 0.25) is 0 Å². The largest absolute Gasteiger partial charge is 0.464 e. The normalized spacial score (nSPS) is 13.8. The van der Waals surface area contributed by atoms with Gasteiger partial charge in [-0.3, -0.25) is 0 Å². The van der Waals surface area contributed by atoms with Gasteiger partial charge in [0.05, 0.1) is 11.4 Å². The molecule has 0 fully saturated rings. The van der Waals surface area contributed by atoms with Crippen LogP contribution in [0.3, 0.4) is 0 Å². The summed E-state index contributed by atoms with van der Waals surface area (Å²) in [5.74, 6) is 0.909. The smallest absolute Gasteiger partial charge is 0.196 e. The van der Waals surface area contributed by atoms with Crippen molar-refractivity contribution in [2.75, 3.05) is 10.2 Å². The molecule has 0 bridgehead atoms. The highest BCUT2D eigenvalue weighted by atomic mass is 16.5. The maximum atomic E-state index is 6.61. The van der Waals surface area contributed by atoms with Crippen molar-refractivity contribution in [1.29, 1.82) is 0 Å². The molecule has 0 aliphatic carbocycles. The van der Waals surface area contributed by atoms with Gasteiger partial charge in [-0.1, -0.05) is 140 Å². The molecular formula is C43H30N2O. The Balaban J connectivity index is 1.24. The van der Waals surface area contributed by atoms with Crippen LogP contribution >= 0.6 is 0 Å². The zero-order chi connectivity index (χ0) is 30.5. The minimum Gasteiger partial charge on any atom is -0.464 e. The van der Waals surface area contributed by atoms with Crippen molar-refractivity contribution < 1.29 is 4.74 Å². The maximum Gasteiger partial charge on any atom is 0.196 e. The van der Waals surface area contributed by atoms with Crippen molar-refractivity contribution in [3.05, 3.63) is 175 Å². The molecule has 218 valence electrons. The molecule has 3 heteroatoms. The van der Waals surface area contributed by atoms with E-state index in [-0.39, 0.29) is 6.23 Å². The topological polar surface area (TPSA) is 24.5 Å². The molecule has 8 aromatic carbocycles. The van der Waals surface area contributed by atoms with Crippen LogP contribution in [-0.2, 0) is 0 Å². The minimum atomic E-state index is -0.236. The van der Waals surface area contributed by atoms with E-state index in [2.05, 4.69) is 174 Å². The van der Waals surface area contributed by atoms with Crippen LogP contribution in [-0.4, -0.2) is 0 Å². The predicted octanol–water partition coefficient (Wildman–Crippen LogP) is 11.8. The number of benzene rings is 8. The average molecular weight is 591 g/mol. The Morgan fingerprint density at radius 2 is 1.09 bits per heavy atom. The van der Waals surface area contributed by atoms with E-state index in [1.54, 1.807) is 0 Å². The van der Waals surface area contributed by atoms with E-state index in [0.717, 1.165) is 44.8 Å². The zero-order valence-electron chi connectivity index (χ0n) is 25.1. The fourth-order valence-electron chi connectivity index (χ4n) is 6.87. The van der Waals surface area contributed by atoms with E-state index < -0.39 is 0 Å². The van der Waals surface area contributed by atoms with Crippen molar-refractivity contribution in [2.45, 2.75) is 6.23 Å². The average Bonchev–Trinajstić information content (AvgIpc) is 3.59. The summed E-state index contributed by atoms with van der Waals surface area (Å²) < 4.78 is 6.61. The number of ether oxygens (including phenoxy) is 1. The maximum absolute atomic E-state index is 6.61. The second-order valence-electron chi connectivity index (χ2n) is 11.8. The van der Waals surface area contributed by atoms with E-state index in [1.807, 2.05) is 6.07 Å². The Bertz CT molecular complexity index is 2360. The molecule has 3 nitrogen and oxygen atoms in total. The highest BCUT2D eigenvalue weighted by Crippen LogP contribution is 2.50. The molecule has 1 aliphatic rings. The molecule has 0 saturated carbocycles. The summed E-state index contributed by atoms with van der Waals surface area (Å²) in [5.41, 5.74) is 7.89. The SMILES string of the molecule is c1ccc(-c2ccc(N(c3ccc4c5c(c6ccccc6c4c3)OC(c3ccccc3)N5)c3cccc4ccccc34)cc2)cc1. The number of nitrogens with zero attached hydrogens (tertiary/aromatic N) is 1. The number of anilines is 4. The van der Waals surface area contributed by atoms with Gasteiger partial charge in [0.1, 0.15) is 0 Å². The molecule has 0 radical (unpaired) electrons. The molecule has 0 spiro atoms. The standard InChI is InChI=1S/C43H30N2O/c1-3-12-29(13-4-1)30-22-24-33(25-23-30)45(40-21-11-17-31-14-7-8-18-35(31)40)34-26-27-37-39(28-34)36-19-9-10-20-38(36)42-41(37)44-43(46-42)32-15-5-2-6-16-32/h1-28,43-44H. The van der Waals surface area contributed by atoms with Crippen molar-refractivity contribution in [1.82, 2.24) is 0 Å². The summed E-state index contributed by atoms with van der Waals surface area (Å²) in [4.78, 5) is 2.38. The molecule has 9 rings (SSSR count). The summed E-state index contributed by atoms with van der Waals surface area (Å²) in [7, 11) is 0. The number of nitrogens with one attached hydrogen (secondary N) is 1. The van der Waals surface area contributed by atoms with Crippen LogP contribution in [0.1, 0.15) is 11.8 Å². The lowest BCUT2D eigenvalue weighted by Gasteiger charge is -2.27. The first-order valence-corrected chi connectivity index (χ1v) is 15.7. The molecular weight excluding hydrogens is 560 g/mol. The van der Waals surface area contributed by atoms with Gasteiger partial charge in [-0.2, -0.15) is 0 Å². The summed E-state index contributed by atoms with van der Waals surface area (Å²) >= 11 is 0. The molecule has 0 aromatic heterocycles. The summed E-state index contributed by atoms with van der Waals surface area (Å²) in [6, 6.07) is 60.4. The van der Waals surface area contributed by atoms with Gasteiger partial charge in [0.15, 0.2) is 12.0 Å². The quantitative estimate of drug-likeness (QED) is 0.202. The molecule has 0 saturated heterocycles. The van der Waals surface area contributed by atoms with E-state index in [0.29, 0.717) is 0 Å². The molecule has 0 amide bonds. The van der Waals surface area contributed by atoms with Crippen LogP contribution in [0, 0.1) is 0 Å². The van der Waals surface area contributed by atoms with Gasteiger partial charge in [0, 0.05) is 33.1 Å². The minimum absolute atomic E-state index is 0.236. The third-order valence-electron chi connectivity index (χ3n) is 9.07. The molecule has 1 atom stereocenters. The fourth-order valence-corrected chi connectivity index (χ4v) is 6.87. The first kappa shape index (κ1) is 26.4. The number of rotatable bonds is 5. The van der Waals surface area contributed by atoms with E-state index in [9.17, 15) is 0 Å². The van der Waals surface area contributed by atoms with Crippen LogP contribution in [0.15, 0.2) is 170 Å². The molecule has 1 heterocycles. The third-order valence-corrected chi connectivity index (χ3v) is 9.07. The van der Waals surface area contributed by atoms with E-state index >= 15 is 0 Å². The molecule has 1 N–H and O–H groups in total. The Morgan fingerprint density at radius 1 is 0.457 bits per heavy atom. The van der Waals surface area contributed by atoms with Crippen molar-refractivity contribution in [3.63, 3.8) is 0 Å². The van der Waals surface area contributed by atoms with E-state index in [1.165, 1.54) is 32.7 Å². The van der Waals surface area contributed by atoms with Gasteiger partial charge < -0.3 is 15.0 Å². The lowest BCUT2D eigenvalue weighted by atomic mass is 9.98. The van der Waals surface area contributed by atoms with Crippen LogP contribution in [0.5, 0.6) is 5.75 Å². The zero-order valence-corrected chi connectivity index (χ0v) is 25.1. The number of hydrogen-bond acceptors (Lipinski definition) is 3. The summed E-state index contributed by atoms with van der Waals surface area (Å²) in [6.45, 7) is 0. The number of fused-ring (bicyclic) bond motifs is 7. The van der Waals surface area contributed by atoms with Gasteiger partial charge in [-0.15, -0.1) is 0 Å². The molecule has 1 unspecified atom stereocenters. The van der Waals surface area contributed by atoms with Crippen molar-refractivity contribution in [3.8, 4) is 16.9 Å². The second-order valence-corrected chi connectivity index (χ2v) is 11.8. The van der Waals surface area contributed by atoms with Gasteiger partial charge in [-0.25, -0.2) is 0 Å². The molecule has 1 aliphatic heterocycles. The fraction of sp³-hybridized carbons (Fsp3) is 0.0233. The van der Waals surface area contributed by atoms with E-state index in [4.69, 9.17) is 4.74 Å². The Hall–Kier alpha value is -6.06. The Kier molecular flexibility index (Phi) is 6.20. The second kappa shape index (κ2) is 10.8. The van der Waals surface area contributed by atoms with Crippen LogP contribution in [0.4, 0.5) is 22.7 Å². The van der Waals surface area contributed by atoms with Gasteiger partial charge in [0.25, 0.3) is 0 Å². The van der Waals surface area contributed by atoms with Crippen molar-refractivity contribution in [2.24, 2.45) is 0 Å². The Morgan fingerprint density at radius 3 is 1.89 bits per heavy atom. The first-order valence-electron chi connectivity index (χ1n) is 15.7. The summed E-state index contributed by atoms with van der Waals surface area (Å²) in [5, 5.41) is 10.7. The Labute approximate surface area is 267 Å². The number of hydrogen-bond donors (Lipinski definition) is 1.